The van der Waals surface area contributed by atoms with Crippen LogP contribution in [0.25, 0.3) is 0 Å². The molecule has 1 aliphatic heterocycles. The molecule has 0 aliphatic carbocycles. The topological polar surface area (TPSA) is 110 Å². The Morgan fingerprint density at radius 2 is 1.94 bits per heavy atom. The maximum atomic E-state index is 13.0. The SMILES string of the molecule is Cc1cccc(C(=O)Nc2nnc(S(=O)(=O)N[C@@H]3CC(C)(C)Oc4ccccc43)s2)c1. The van der Waals surface area contributed by atoms with Gasteiger partial charge >= 0.3 is 0 Å². The Hall–Kier alpha value is -2.82. The number of nitrogens with zero attached hydrogens (tertiary/aromatic N) is 2. The second-order valence-corrected chi connectivity index (χ2v) is 10.8. The summed E-state index contributed by atoms with van der Waals surface area (Å²) in [5, 5.41) is 10.3. The Labute approximate surface area is 184 Å². The van der Waals surface area contributed by atoms with Gasteiger partial charge < -0.3 is 4.74 Å². The molecule has 3 aromatic rings. The largest absolute Gasteiger partial charge is 0.487 e. The number of amides is 1. The maximum Gasteiger partial charge on any atom is 0.270 e. The highest BCUT2D eigenvalue weighted by Crippen LogP contribution is 2.40. The molecular formula is C21H22N4O4S2. The van der Waals surface area contributed by atoms with Crippen molar-refractivity contribution < 1.29 is 17.9 Å². The summed E-state index contributed by atoms with van der Waals surface area (Å²) in [5.41, 5.74) is 1.63. The van der Waals surface area contributed by atoms with Gasteiger partial charge in [-0.15, -0.1) is 10.2 Å². The number of sulfonamides is 1. The lowest BCUT2D eigenvalue weighted by Gasteiger charge is -2.37. The van der Waals surface area contributed by atoms with Gasteiger partial charge in [-0.2, -0.15) is 0 Å². The van der Waals surface area contributed by atoms with Crippen LogP contribution in [0.15, 0.2) is 52.9 Å². The van der Waals surface area contributed by atoms with Crippen LogP contribution >= 0.6 is 11.3 Å². The first-order valence-electron chi connectivity index (χ1n) is 9.65. The number of ether oxygens (including phenoxy) is 1. The number of anilines is 1. The van der Waals surface area contributed by atoms with Crippen LogP contribution < -0.4 is 14.8 Å². The van der Waals surface area contributed by atoms with Crippen LogP contribution in [-0.4, -0.2) is 30.1 Å². The van der Waals surface area contributed by atoms with Crippen molar-refractivity contribution in [3.8, 4) is 5.75 Å². The lowest BCUT2D eigenvalue weighted by Crippen LogP contribution is -2.41. The van der Waals surface area contributed by atoms with E-state index in [4.69, 9.17) is 4.74 Å². The van der Waals surface area contributed by atoms with E-state index < -0.39 is 21.7 Å². The van der Waals surface area contributed by atoms with Gasteiger partial charge in [0.15, 0.2) is 0 Å². The molecule has 31 heavy (non-hydrogen) atoms. The molecule has 0 radical (unpaired) electrons. The fourth-order valence-corrected chi connectivity index (χ4v) is 5.60. The summed E-state index contributed by atoms with van der Waals surface area (Å²) >= 11 is 0.801. The first-order valence-corrected chi connectivity index (χ1v) is 11.9. The molecule has 8 nitrogen and oxygen atoms in total. The molecule has 1 aliphatic rings. The predicted octanol–water partition coefficient (Wildman–Crippen LogP) is 3.68. The fourth-order valence-electron chi connectivity index (χ4n) is 3.47. The highest BCUT2D eigenvalue weighted by molar-refractivity contribution is 7.91. The van der Waals surface area contributed by atoms with Gasteiger partial charge in [-0.1, -0.05) is 47.2 Å². The first-order chi connectivity index (χ1) is 14.6. The van der Waals surface area contributed by atoms with Gasteiger partial charge in [0.05, 0.1) is 6.04 Å². The smallest absolute Gasteiger partial charge is 0.270 e. The molecule has 2 heterocycles. The van der Waals surface area contributed by atoms with E-state index in [1.54, 1.807) is 18.2 Å². The number of para-hydroxylation sites is 1. The molecule has 0 bridgehead atoms. The molecule has 162 valence electrons. The van der Waals surface area contributed by atoms with Gasteiger partial charge in [-0.25, -0.2) is 13.1 Å². The van der Waals surface area contributed by atoms with Crippen LogP contribution in [0.1, 0.15) is 47.8 Å². The van der Waals surface area contributed by atoms with Crippen LogP contribution in [0.4, 0.5) is 5.13 Å². The standard InChI is InChI=1S/C21H22N4O4S2/c1-13-7-6-8-14(11-13)18(26)22-19-23-24-20(30-19)31(27,28)25-16-12-21(2,3)29-17-10-5-4-9-15(16)17/h4-11,16,25H,12H2,1-3H3,(H,22,23,26)/t16-/m1/s1. The minimum Gasteiger partial charge on any atom is -0.487 e. The molecule has 1 amide bonds. The van der Waals surface area contributed by atoms with Gasteiger partial charge in [-0.05, 0) is 39.0 Å². The molecule has 0 fully saturated rings. The third-order valence-electron chi connectivity index (χ3n) is 4.81. The van der Waals surface area contributed by atoms with E-state index in [0.29, 0.717) is 17.7 Å². The quantitative estimate of drug-likeness (QED) is 0.565. The molecular weight excluding hydrogens is 436 g/mol. The molecule has 0 spiro atoms. The number of fused-ring (bicyclic) bond motifs is 1. The van der Waals surface area contributed by atoms with Crippen LogP contribution in [0, 0.1) is 6.92 Å². The molecule has 2 N–H and O–H groups in total. The first kappa shape index (κ1) is 21.4. The molecule has 2 aromatic carbocycles. The second kappa shape index (κ2) is 8.03. The number of benzene rings is 2. The van der Waals surface area contributed by atoms with Crippen molar-refractivity contribution in [2.24, 2.45) is 0 Å². The van der Waals surface area contributed by atoms with Crippen LogP contribution in [-0.2, 0) is 10.0 Å². The Kier molecular flexibility index (Phi) is 5.54. The third-order valence-corrected chi connectivity index (χ3v) is 7.49. The van der Waals surface area contributed by atoms with Crippen molar-refractivity contribution in [1.82, 2.24) is 14.9 Å². The summed E-state index contributed by atoms with van der Waals surface area (Å²) in [4.78, 5) is 12.4. The summed E-state index contributed by atoms with van der Waals surface area (Å²) < 4.78 is 34.4. The fraction of sp³-hybridized carbons (Fsp3) is 0.286. The maximum absolute atomic E-state index is 13.0. The molecule has 0 saturated carbocycles. The Morgan fingerprint density at radius 3 is 2.71 bits per heavy atom. The summed E-state index contributed by atoms with van der Waals surface area (Å²) in [6, 6.07) is 13.9. The predicted molar refractivity (Wildman–Crippen MR) is 118 cm³/mol. The third kappa shape index (κ3) is 4.76. The average molecular weight is 459 g/mol. The minimum absolute atomic E-state index is 0.111. The number of rotatable bonds is 5. The van der Waals surface area contributed by atoms with E-state index in [2.05, 4.69) is 20.2 Å². The highest BCUT2D eigenvalue weighted by Gasteiger charge is 2.36. The summed E-state index contributed by atoms with van der Waals surface area (Å²) in [7, 11) is -3.95. The summed E-state index contributed by atoms with van der Waals surface area (Å²) in [5.74, 6) is 0.270. The van der Waals surface area contributed by atoms with Crippen molar-refractivity contribution in [1.29, 1.82) is 0 Å². The Bertz CT molecular complexity index is 1240. The van der Waals surface area contributed by atoms with Gasteiger partial charge in [0, 0.05) is 17.5 Å². The van der Waals surface area contributed by atoms with Gasteiger partial charge in [0.1, 0.15) is 11.4 Å². The van der Waals surface area contributed by atoms with E-state index in [-0.39, 0.29) is 15.4 Å². The number of aryl methyl sites for hydroxylation is 1. The zero-order chi connectivity index (χ0) is 22.2. The minimum atomic E-state index is -3.95. The summed E-state index contributed by atoms with van der Waals surface area (Å²) in [6.45, 7) is 5.70. The molecule has 1 aromatic heterocycles. The molecule has 1 atom stereocenters. The van der Waals surface area contributed by atoms with Gasteiger partial charge in [0.2, 0.25) is 9.47 Å². The molecule has 4 rings (SSSR count). The number of hydrogen-bond acceptors (Lipinski definition) is 7. The number of carbonyl (C=O) groups excluding carboxylic acids is 1. The van der Waals surface area contributed by atoms with Gasteiger partial charge in [-0.3, -0.25) is 10.1 Å². The molecule has 0 saturated heterocycles. The Morgan fingerprint density at radius 1 is 1.16 bits per heavy atom. The van der Waals surface area contributed by atoms with Crippen molar-refractivity contribution >= 4 is 32.4 Å². The number of carbonyl (C=O) groups is 1. The van der Waals surface area contributed by atoms with Crippen molar-refractivity contribution in [3.05, 3.63) is 65.2 Å². The number of nitrogens with one attached hydrogen (secondary N) is 2. The normalized spacial score (nSPS) is 17.5. The monoisotopic (exact) mass is 458 g/mol. The average Bonchev–Trinajstić information content (AvgIpc) is 3.16. The zero-order valence-corrected chi connectivity index (χ0v) is 18.9. The number of aromatic nitrogens is 2. The van der Waals surface area contributed by atoms with E-state index in [0.717, 1.165) is 22.5 Å². The van der Waals surface area contributed by atoms with Crippen molar-refractivity contribution in [2.45, 2.75) is 43.2 Å². The van der Waals surface area contributed by atoms with E-state index in [9.17, 15) is 13.2 Å². The van der Waals surface area contributed by atoms with Crippen LogP contribution in [0.3, 0.4) is 0 Å². The van der Waals surface area contributed by atoms with Crippen molar-refractivity contribution in [3.63, 3.8) is 0 Å². The number of hydrogen-bond donors (Lipinski definition) is 2. The van der Waals surface area contributed by atoms with Crippen molar-refractivity contribution in [2.75, 3.05) is 5.32 Å². The van der Waals surface area contributed by atoms with E-state index in [1.165, 1.54) is 0 Å². The Balaban J connectivity index is 1.53. The van der Waals surface area contributed by atoms with Crippen LogP contribution in [0.2, 0.25) is 0 Å². The van der Waals surface area contributed by atoms with Crippen LogP contribution in [0.5, 0.6) is 5.75 Å². The van der Waals surface area contributed by atoms with E-state index >= 15 is 0 Å². The lowest BCUT2D eigenvalue weighted by atomic mass is 9.90. The molecule has 10 heteroatoms. The summed E-state index contributed by atoms with van der Waals surface area (Å²) in [6.07, 6.45) is 0.457. The highest BCUT2D eigenvalue weighted by atomic mass is 32.2. The second-order valence-electron chi connectivity index (χ2n) is 7.97. The van der Waals surface area contributed by atoms with Gasteiger partial charge in [0.25, 0.3) is 15.9 Å². The zero-order valence-electron chi connectivity index (χ0n) is 17.2. The lowest BCUT2D eigenvalue weighted by molar-refractivity contribution is 0.0702. The molecule has 0 unspecified atom stereocenters. The van der Waals surface area contributed by atoms with E-state index in [1.807, 2.05) is 51.1 Å².